The number of amides is 1. The Morgan fingerprint density at radius 1 is 1.33 bits per heavy atom. The first kappa shape index (κ1) is 13.8. The van der Waals surface area contributed by atoms with Crippen molar-refractivity contribution in [3.05, 3.63) is 0 Å². The largest absolute Gasteiger partial charge is 0.368 e. The molecule has 0 aliphatic carbocycles. The average Bonchev–Trinajstić information content (AvgIpc) is 2.59. The van der Waals surface area contributed by atoms with E-state index in [4.69, 9.17) is 5.73 Å². The van der Waals surface area contributed by atoms with E-state index in [0.29, 0.717) is 18.1 Å². The number of carbonyl (C=O) groups excluding carboxylic acids is 1. The normalized spacial score (nSPS) is 32.7. The Labute approximate surface area is 110 Å². The number of hydrogen-bond donors (Lipinski definition) is 2. The molecule has 2 aliphatic rings. The first-order valence-corrected chi connectivity index (χ1v) is 7.28. The lowest BCUT2D eigenvalue weighted by atomic mass is 9.90. The average molecular weight is 253 g/mol. The van der Waals surface area contributed by atoms with Gasteiger partial charge in [-0.1, -0.05) is 6.92 Å². The molecule has 2 rings (SSSR count). The fourth-order valence-corrected chi connectivity index (χ4v) is 3.73. The monoisotopic (exact) mass is 253 g/mol. The van der Waals surface area contributed by atoms with Crippen LogP contribution in [0.25, 0.3) is 0 Å². The third kappa shape index (κ3) is 2.41. The number of piperidine rings is 1. The van der Waals surface area contributed by atoms with Gasteiger partial charge in [-0.2, -0.15) is 0 Å². The van der Waals surface area contributed by atoms with Crippen LogP contribution >= 0.6 is 0 Å². The van der Waals surface area contributed by atoms with Crippen LogP contribution in [0.15, 0.2) is 0 Å². The van der Waals surface area contributed by atoms with Crippen LogP contribution in [0.3, 0.4) is 0 Å². The van der Waals surface area contributed by atoms with Crippen molar-refractivity contribution in [3.8, 4) is 0 Å². The minimum absolute atomic E-state index is 0.195. The number of primary amides is 1. The van der Waals surface area contributed by atoms with Gasteiger partial charge in [-0.15, -0.1) is 0 Å². The van der Waals surface area contributed by atoms with Crippen molar-refractivity contribution in [2.45, 2.75) is 76.5 Å². The van der Waals surface area contributed by atoms with Crippen LogP contribution in [-0.4, -0.2) is 41.0 Å². The van der Waals surface area contributed by atoms with Crippen molar-refractivity contribution in [2.24, 2.45) is 5.73 Å². The van der Waals surface area contributed by atoms with Gasteiger partial charge >= 0.3 is 0 Å². The SMILES string of the molecule is CCCNC1CC2CCC(C1)N2C(C)(C)C(N)=O. The zero-order chi connectivity index (χ0) is 13.3. The maximum atomic E-state index is 11.7. The van der Waals surface area contributed by atoms with Crippen LogP contribution in [0.2, 0.25) is 0 Å². The standard InChI is InChI=1S/C14H27N3O/c1-4-7-16-10-8-11-5-6-12(9-10)17(11)14(2,3)13(15)18/h10-12,16H,4-9H2,1-3H3,(H2,15,18). The molecule has 2 atom stereocenters. The zero-order valence-electron chi connectivity index (χ0n) is 11.9. The zero-order valence-corrected chi connectivity index (χ0v) is 11.9. The number of fused-ring (bicyclic) bond motifs is 2. The van der Waals surface area contributed by atoms with Crippen LogP contribution in [0.5, 0.6) is 0 Å². The molecule has 0 saturated carbocycles. The summed E-state index contributed by atoms with van der Waals surface area (Å²) in [6.07, 6.45) is 5.93. The Hall–Kier alpha value is -0.610. The summed E-state index contributed by atoms with van der Waals surface area (Å²) in [4.78, 5) is 14.0. The fourth-order valence-electron chi connectivity index (χ4n) is 3.73. The van der Waals surface area contributed by atoms with E-state index >= 15 is 0 Å². The van der Waals surface area contributed by atoms with Crippen molar-refractivity contribution in [1.29, 1.82) is 0 Å². The second-order valence-electron chi connectivity index (χ2n) is 6.34. The maximum Gasteiger partial charge on any atom is 0.237 e. The molecule has 0 aromatic carbocycles. The Morgan fingerprint density at radius 2 is 1.89 bits per heavy atom. The van der Waals surface area contributed by atoms with E-state index in [-0.39, 0.29) is 5.91 Å². The highest BCUT2D eigenvalue weighted by molar-refractivity contribution is 5.83. The molecular formula is C14H27N3O. The molecule has 2 bridgehead atoms. The van der Waals surface area contributed by atoms with Crippen LogP contribution in [0, 0.1) is 0 Å². The third-order valence-corrected chi connectivity index (χ3v) is 4.66. The number of rotatable bonds is 5. The minimum atomic E-state index is -0.498. The van der Waals surface area contributed by atoms with E-state index in [9.17, 15) is 4.79 Å². The summed E-state index contributed by atoms with van der Waals surface area (Å²) < 4.78 is 0. The predicted molar refractivity (Wildman–Crippen MR) is 73.2 cm³/mol. The second-order valence-corrected chi connectivity index (χ2v) is 6.34. The lowest BCUT2D eigenvalue weighted by Gasteiger charge is -2.46. The van der Waals surface area contributed by atoms with Crippen molar-refractivity contribution < 1.29 is 4.79 Å². The Kier molecular flexibility index (Phi) is 3.97. The van der Waals surface area contributed by atoms with Gasteiger partial charge < -0.3 is 11.1 Å². The summed E-state index contributed by atoms with van der Waals surface area (Å²) in [6, 6.07) is 1.68. The van der Waals surface area contributed by atoms with Crippen molar-refractivity contribution >= 4 is 5.91 Å². The van der Waals surface area contributed by atoms with Crippen LogP contribution in [0.1, 0.15) is 52.9 Å². The number of hydrogen-bond acceptors (Lipinski definition) is 3. The first-order valence-electron chi connectivity index (χ1n) is 7.28. The predicted octanol–water partition coefficient (Wildman–Crippen LogP) is 1.25. The van der Waals surface area contributed by atoms with Crippen LogP contribution in [0.4, 0.5) is 0 Å². The second kappa shape index (κ2) is 5.17. The van der Waals surface area contributed by atoms with Crippen molar-refractivity contribution in [2.75, 3.05) is 6.54 Å². The van der Waals surface area contributed by atoms with E-state index in [1.165, 1.54) is 19.3 Å². The van der Waals surface area contributed by atoms with Crippen LogP contribution in [-0.2, 0) is 4.79 Å². The number of nitrogens with zero attached hydrogens (tertiary/aromatic N) is 1. The van der Waals surface area contributed by atoms with Crippen molar-refractivity contribution in [1.82, 2.24) is 10.2 Å². The summed E-state index contributed by atoms with van der Waals surface area (Å²) in [7, 11) is 0. The third-order valence-electron chi connectivity index (χ3n) is 4.66. The van der Waals surface area contributed by atoms with E-state index in [1.54, 1.807) is 0 Å². The molecule has 4 nitrogen and oxygen atoms in total. The highest BCUT2D eigenvalue weighted by Gasteiger charge is 2.48. The van der Waals surface area contributed by atoms with E-state index in [2.05, 4.69) is 17.1 Å². The van der Waals surface area contributed by atoms with E-state index in [1.807, 2.05) is 13.8 Å². The molecule has 0 spiro atoms. The van der Waals surface area contributed by atoms with Gasteiger partial charge in [0.2, 0.25) is 5.91 Å². The first-order chi connectivity index (χ1) is 8.46. The van der Waals surface area contributed by atoms with E-state index < -0.39 is 5.54 Å². The van der Waals surface area contributed by atoms with Gasteiger partial charge in [-0.25, -0.2) is 0 Å². The smallest absolute Gasteiger partial charge is 0.237 e. The molecule has 0 aromatic heterocycles. The highest BCUT2D eigenvalue weighted by atomic mass is 16.1. The van der Waals surface area contributed by atoms with Gasteiger partial charge in [0.05, 0.1) is 5.54 Å². The van der Waals surface area contributed by atoms with Gasteiger partial charge in [0, 0.05) is 18.1 Å². The van der Waals surface area contributed by atoms with Gasteiger partial charge in [0.15, 0.2) is 0 Å². The topological polar surface area (TPSA) is 58.4 Å². The molecule has 0 aromatic rings. The number of nitrogens with one attached hydrogen (secondary N) is 1. The van der Waals surface area contributed by atoms with Crippen molar-refractivity contribution in [3.63, 3.8) is 0 Å². The molecule has 2 saturated heterocycles. The molecule has 18 heavy (non-hydrogen) atoms. The Morgan fingerprint density at radius 3 is 2.33 bits per heavy atom. The lowest BCUT2D eigenvalue weighted by molar-refractivity contribution is -0.131. The quantitative estimate of drug-likeness (QED) is 0.775. The van der Waals surface area contributed by atoms with Gasteiger partial charge in [-0.3, -0.25) is 9.69 Å². The Balaban J connectivity index is 2.04. The summed E-state index contributed by atoms with van der Waals surface area (Å²) in [5.41, 5.74) is 5.07. The fraction of sp³-hybridized carbons (Fsp3) is 0.929. The molecule has 2 heterocycles. The van der Waals surface area contributed by atoms with Crippen LogP contribution < -0.4 is 11.1 Å². The molecule has 2 fully saturated rings. The Bertz CT molecular complexity index is 302. The molecule has 2 aliphatic heterocycles. The lowest BCUT2D eigenvalue weighted by Crippen LogP contribution is -2.61. The minimum Gasteiger partial charge on any atom is -0.368 e. The van der Waals surface area contributed by atoms with Gasteiger partial charge in [0.25, 0.3) is 0 Å². The summed E-state index contributed by atoms with van der Waals surface area (Å²) in [5.74, 6) is -0.195. The molecule has 0 radical (unpaired) electrons. The van der Waals surface area contributed by atoms with Gasteiger partial charge in [0.1, 0.15) is 0 Å². The summed E-state index contributed by atoms with van der Waals surface area (Å²) >= 11 is 0. The molecule has 1 amide bonds. The number of carbonyl (C=O) groups is 1. The highest BCUT2D eigenvalue weighted by Crippen LogP contribution is 2.40. The molecule has 104 valence electrons. The summed E-state index contributed by atoms with van der Waals surface area (Å²) in [5, 5.41) is 3.63. The molecular weight excluding hydrogens is 226 g/mol. The van der Waals surface area contributed by atoms with Gasteiger partial charge in [-0.05, 0) is 52.5 Å². The summed E-state index contributed by atoms with van der Waals surface area (Å²) in [6.45, 7) is 7.25. The van der Waals surface area contributed by atoms with E-state index in [0.717, 1.165) is 19.4 Å². The maximum absolute atomic E-state index is 11.7. The molecule has 3 N–H and O–H groups in total. The molecule has 2 unspecified atom stereocenters. The number of nitrogens with two attached hydrogens (primary N) is 1. The molecule has 4 heteroatoms.